The maximum Gasteiger partial charge on any atom is 0.257 e. The molecule has 7 heteroatoms. The van der Waals surface area contributed by atoms with Gasteiger partial charge in [-0.2, -0.15) is 0 Å². The van der Waals surface area contributed by atoms with E-state index in [2.05, 4.69) is 55.4 Å². The van der Waals surface area contributed by atoms with E-state index >= 15 is 0 Å². The maximum absolute atomic E-state index is 12.3. The summed E-state index contributed by atoms with van der Waals surface area (Å²) in [5.74, 6) is 1.46. The van der Waals surface area contributed by atoms with Gasteiger partial charge in [-0.3, -0.25) is 10.1 Å². The molecule has 1 aromatic heterocycles. The first-order valence-electron chi connectivity index (χ1n) is 9.27. The standard InChI is InChI=1S/C21H27N3O2S2/c1-5-27-21-24-23-20(28-21)22-19(25)17-9-11-18(12-10-17)26-14-13-16(4)8-6-7-15(2)3/h7,9-13H,5-6,8,14H2,1-4H3,(H,22,23,25)/b16-13+. The lowest BCUT2D eigenvalue weighted by molar-refractivity contribution is 0.102. The van der Waals surface area contributed by atoms with Gasteiger partial charge in [0.05, 0.1) is 0 Å². The molecule has 0 aliphatic carbocycles. The van der Waals surface area contributed by atoms with Gasteiger partial charge in [0.1, 0.15) is 12.4 Å². The van der Waals surface area contributed by atoms with Gasteiger partial charge in [0.2, 0.25) is 5.13 Å². The molecule has 0 radical (unpaired) electrons. The Hall–Kier alpha value is -2.12. The number of allylic oxidation sites excluding steroid dienone is 3. The summed E-state index contributed by atoms with van der Waals surface area (Å²) in [7, 11) is 0. The number of carbonyl (C=O) groups is 1. The molecular weight excluding hydrogens is 390 g/mol. The van der Waals surface area contributed by atoms with Crippen molar-refractivity contribution in [3.8, 4) is 5.75 Å². The fraction of sp³-hybridized carbons (Fsp3) is 0.381. The van der Waals surface area contributed by atoms with E-state index in [9.17, 15) is 4.79 Å². The molecule has 2 rings (SSSR count). The van der Waals surface area contributed by atoms with E-state index in [1.54, 1.807) is 36.0 Å². The van der Waals surface area contributed by atoms with E-state index in [1.165, 1.54) is 22.5 Å². The number of ether oxygens (including phenoxy) is 1. The molecule has 2 aromatic rings. The van der Waals surface area contributed by atoms with Crippen LogP contribution in [0.25, 0.3) is 0 Å². The van der Waals surface area contributed by atoms with Gasteiger partial charge < -0.3 is 4.74 Å². The van der Waals surface area contributed by atoms with Crippen molar-refractivity contribution in [2.75, 3.05) is 17.7 Å². The number of benzene rings is 1. The Morgan fingerprint density at radius 2 is 1.93 bits per heavy atom. The Bertz CT molecular complexity index is 822. The molecule has 0 bridgehead atoms. The molecular formula is C21H27N3O2S2. The van der Waals surface area contributed by atoms with Crippen molar-refractivity contribution in [3.05, 3.63) is 53.1 Å². The van der Waals surface area contributed by atoms with E-state index in [-0.39, 0.29) is 5.91 Å². The molecule has 1 heterocycles. The van der Waals surface area contributed by atoms with Crippen LogP contribution in [-0.4, -0.2) is 28.5 Å². The third-order valence-electron chi connectivity index (χ3n) is 3.78. The van der Waals surface area contributed by atoms with Crippen LogP contribution < -0.4 is 10.1 Å². The van der Waals surface area contributed by atoms with Crippen LogP contribution in [0.4, 0.5) is 5.13 Å². The fourth-order valence-electron chi connectivity index (χ4n) is 2.28. The van der Waals surface area contributed by atoms with Crippen molar-refractivity contribution in [1.82, 2.24) is 10.2 Å². The monoisotopic (exact) mass is 417 g/mol. The summed E-state index contributed by atoms with van der Waals surface area (Å²) in [6.45, 7) is 8.92. The quantitative estimate of drug-likeness (QED) is 0.293. The molecule has 28 heavy (non-hydrogen) atoms. The molecule has 0 fully saturated rings. The van der Waals surface area contributed by atoms with E-state index in [4.69, 9.17) is 4.74 Å². The minimum absolute atomic E-state index is 0.203. The fourth-order valence-corrected chi connectivity index (χ4v) is 3.93. The number of hydrogen-bond donors (Lipinski definition) is 1. The number of thioether (sulfide) groups is 1. The maximum atomic E-state index is 12.3. The highest BCUT2D eigenvalue weighted by atomic mass is 32.2. The van der Waals surface area contributed by atoms with Crippen LogP contribution >= 0.6 is 23.1 Å². The number of aromatic nitrogens is 2. The molecule has 5 nitrogen and oxygen atoms in total. The zero-order chi connectivity index (χ0) is 20.4. The molecule has 0 atom stereocenters. The molecule has 150 valence electrons. The van der Waals surface area contributed by atoms with Crippen LogP contribution in [0, 0.1) is 0 Å². The Morgan fingerprint density at radius 1 is 1.18 bits per heavy atom. The Kier molecular flexibility index (Phi) is 9.23. The van der Waals surface area contributed by atoms with Crippen molar-refractivity contribution < 1.29 is 9.53 Å². The van der Waals surface area contributed by atoms with Gasteiger partial charge in [-0.05, 0) is 69.7 Å². The summed E-state index contributed by atoms with van der Waals surface area (Å²) in [5.41, 5.74) is 3.21. The number of hydrogen-bond acceptors (Lipinski definition) is 6. The molecule has 0 spiro atoms. The number of anilines is 1. The van der Waals surface area contributed by atoms with Crippen LogP contribution in [0.15, 0.2) is 51.9 Å². The summed E-state index contributed by atoms with van der Waals surface area (Å²) in [4.78, 5) is 12.3. The lowest BCUT2D eigenvalue weighted by Gasteiger charge is -2.06. The molecule has 1 N–H and O–H groups in total. The lowest BCUT2D eigenvalue weighted by Crippen LogP contribution is -2.11. The molecule has 0 saturated heterocycles. The molecule has 1 aromatic carbocycles. The van der Waals surface area contributed by atoms with Gasteiger partial charge in [0, 0.05) is 5.56 Å². The highest BCUT2D eigenvalue weighted by Gasteiger charge is 2.10. The molecule has 0 aliphatic heterocycles. The van der Waals surface area contributed by atoms with E-state index in [0.29, 0.717) is 17.3 Å². The van der Waals surface area contributed by atoms with Gasteiger partial charge in [0.25, 0.3) is 5.91 Å². The second kappa shape index (κ2) is 11.7. The van der Waals surface area contributed by atoms with Crippen LogP contribution in [0.3, 0.4) is 0 Å². The van der Waals surface area contributed by atoms with Gasteiger partial charge >= 0.3 is 0 Å². The first-order chi connectivity index (χ1) is 13.5. The predicted octanol–water partition coefficient (Wildman–Crippen LogP) is 5.97. The van der Waals surface area contributed by atoms with E-state index < -0.39 is 0 Å². The minimum atomic E-state index is -0.203. The summed E-state index contributed by atoms with van der Waals surface area (Å²) in [6.07, 6.45) is 6.44. The Balaban J connectivity index is 1.81. The average molecular weight is 418 g/mol. The smallest absolute Gasteiger partial charge is 0.257 e. The number of nitrogens with zero attached hydrogens (tertiary/aromatic N) is 2. The second-order valence-electron chi connectivity index (χ2n) is 6.47. The third-order valence-corrected chi connectivity index (χ3v) is 5.64. The van der Waals surface area contributed by atoms with E-state index in [0.717, 1.165) is 28.7 Å². The summed E-state index contributed by atoms with van der Waals surface area (Å²) in [5, 5.41) is 11.3. The predicted molar refractivity (Wildman–Crippen MR) is 119 cm³/mol. The molecule has 0 unspecified atom stereocenters. The van der Waals surface area contributed by atoms with Crippen molar-refractivity contribution in [2.45, 2.75) is 44.9 Å². The van der Waals surface area contributed by atoms with Crippen LogP contribution in [0.1, 0.15) is 50.9 Å². The number of rotatable bonds is 10. The Morgan fingerprint density at radius 3 is 2.61 bits per heavy atom. The highest BCUT2D eigenvalue weighted by molar-refractivity contribution is 8.01. The van der Waals surface area contributed by atoms with Gasteiger partial charge in [-0.1, -0.05) is 47.2 Å². The number of nitrogens with one attached hydrogen (secondary N) is 1. The lowest BCUT2D eigenvalue weighted by atomic mass is 10.1. The van der Waals surface area contributed by atoms with Crippen LogP contribution in [0.2, 0.25) is 0 Å². The second-order valence-corrected chi connectivity index (χ2v) is 8.95. The van der Waals surface area contributed by atoms with E-state index in [1.807, 2.05) is 0 Å². The molecule has 0 aliphatic rings. The van der Waals surface area contributed by atoms with Crippen molar-refractivity contribution in [2.24, 2.45) is 0 Å². The molecule has 1 amide bonds. The molecule has 0 saturated carbocycles. The summed E-state index contributed by atoms with van der Waals surface area (Å²) in [6, 6.07) is 7.11. The first kappa shape index (κ1) is 22.2. The minimum Gasteiger partial charge on any atom is -0.490 e. The highest BCUT2D eigenvalue weighted by Crippen LogP contribution is 2.25. The van der Waals surface area contributed by atoms with Gasteiger partial charge in [0.15, 0.2) is 4.34 Å². The SMILES string of the molecule is CCSc1nnc(NC(=O)c2ccc(OC/C=C(\C)CCC=C(C)C)cc2)s1. The largest absolute Gasteiger partial charge is 0.490 e. The van der Waals surface area contributed by atoms with Crippen molar-refractivity contribution in [3.63, 3.8) is 0 Å². The number of carbonyl (C=O) groups excluding carboxylic acids is 1. The van der Waals surface area contributed by atoms with Gasteiger partial charge in [-0.15, -0.1) is 10.2 Å². The van der Waals surface area contributed by atoms with Crippen LogP contribution in [-0.2, 0) is 0 Å². The number of amides is 1. The third kappa shape index (κ3) is 7.86. The van der Waals surface area contributed by atoms with Gasteiger partial charge in [-0.25, -0.2) is 0 Å². The first-order valence-corrected chi connectivity index (χ1v) is 11.1. The van der Waals surface area contributed by atoms with Crippen molar-refractivity contribution in [1.29, 1.82) is 0 Å². The summed E-state index contributed by atoms with van der Waals surface area (Å²) >= 11 is 2.98. The average Bonchev–Trinajstić information content (AvgIpc) is 3.09. The zero-order valence-electron chi connectivity index (χ0n) is 16.8. The topological polar surface area (TPSA) is 64.1 Å². The Labute approximate surface area is 175 Å². The van der Waals surface area contributed by atoms with Crippen molar-refractivity contribution >= 4 is 34.1 Å². The van der Waals surface area contributed by atoms with Crippen LogP contribution in [0.5, 0.6) is 5.75 Å². The normalized spacial score (nSPS) is 11.2. The zero-order valence-corrected chi connectivity index (χ0v) is 18.5. The summed E-state index contributed by atoms with van der Waals surface area (Å²) < 4.78 is 6.59.